The highest BCUT2D eigenvalue weighted by Crippen LogP contribution is 1.88. The quantitative estimate of drug-likeness (QED) is 0.326. The van der Waals surface area contributed by atoms with E-state index in [0.29, 0.717) is 4.86 Å². The second kappa shape index (κ2) is 4.62. The van der Waals surface area contributed by atoms with Crippen LogP contribution in [0.5, 0.6) is 0 Å². The van der Waals surface area contributed by atoms with E-state index in [9.17, 15) is 10.0 Å². The standard InChI is InChI=1S/C5H11N3O3/c1-7-8(11)3-2-4(6)5(9)10/h4H,2-3,6H2,1H3,(H,9,10)/t4-/m0/s1. The number of carboxylic acids is 1. The van der Waals surface area contributed by atoms with Crippen molar-refractivity contribution in [1.29, 1.82) is 0 Å². The molecule has 6 nitrogen and oxygen atoms in total. The lowest BCUT2D eigenvalue weighted by Gasteiger charge is -2.03. The predicted molar refractivity (Wildman–Crippen MR) is 37.1 cm³/mol. The molecule has 0 aromatic heterocycles. The van der Waals surface area contributed by atoms with Crippen LogP contribution in [-0.2, 0) is 4.79 Å². The van der Waals surface area contributed by atoms with Crippen molar-refractivity contribution >= 4 is 5.97 Å². The third kappa shape index (κ3) is 4.26. The van der Waals surface area contributed by atoms with E-state index in [0.717, 1.165) is 0 Å². The molecular formula is C5H11N3O3. The van der Waals surface area contributed by atoms with Gasteiger partial charge in [0.2, 0.25) is 0 Å². The minimum atomic E-state index is -1.10. The van der Waals surface area contributed by atoms with E-state index < -0.39 is 12.0 Å². The van der Waals surface area contributed by atoms with Crippen LogP contribution in [0.15, 0.2) is 5.11 Å². The Labute approximate surface area is 63.9 Å². The van der Waals surface area contributed by atoms with Crippen LogP contribution < -0.4 is 5.73 Å². The Morgan fingerprint density at radius 3 is 2.82 bits per heavy atom. The molecule has 0 saturated carbocycles. The molecule has 0 heterocycles. The third-order valence-electron chi connectivity index (χ3n) is 1.17. The first-order valence-corrected chi connectivity index (χ1v) is 3.10. The first-order valence-electron chi connectivity index (χ1n) is 3.10. The van der Waals surface area contributed by atoms with Gasteiger partial charge in [0.25, 0.3) is 0 Å². The summed E-state index contributed by atoms with van der Waals surface area (Å²) in [5, 5.41) is 22.0. The van der Waals surface area contributed by atoms with Crippen molar-refractivity contribution in [3.8, 4) is 0 Å². The van der Waals surface area contributed by atoms with Crippen LogP contribution in [-0.4, -0.2) is 35.6 Å². The van der Waals surface area contributed by atoms with E-state index in [1.807, 2.05) is 0 Å². The van der Waals surface area contributed by atoms with E-state index in [1.54, 1.807) is 0 Å². The van der Waals surface area contributed by atoms with E-state index in [-0.39, 0.29) is 13.0 Å². The average molecular weight is 161 g/mol. The maximum absolute atomic E-state index is 10.4. The number of carboxylic acid groups (broad SMARTS) is 1. The Kier molecular flexibility index (Phi) is 4.12. The molecule has 0 aromatic carbocycles. The van der Waals surface area contributed by atoms with Gasteiger partial charge in [0.05, 0.1) is 7.05 Å². The number of hydroxylamine groups is 1. The number of azo groups is 1. The fourth-order valence-electron chi connectivity index (χ4n) is 0.473. The normalized spacial score (nSPS) is 14.5. The van der Waals surface area contributed by atoms with Gasteiger partial charge in [0.15, 0.2) is 6.54 Å². The smallest absolute Gasteiger partial charge is 0.320 e. The number of hydrogen-bond acceptors (Lipinski definition) is 4. The Balaban J connectivity index is 3.62. The highest BCUT2D eigenvalue weighted by atomic mass is 16.5. The van der Waals surface area contributed by atoms with Gasteiger partial charge in [0.1, 0.15) is 6.04 Å². The highest BCUT2D eigenvalue weighted by Gasteiger charge is 2.12. The molecule has 0 aliphatic rings. The fourth-order valence-corrected chi connectivity index (χ4v) is 0.473. The second-order valence-corrected chi connectivity index (χ2v) is 2.01. The van der Waals surface area contributed by atoms with Crippen molar-refractivity contribution < 1.29 is 14.8 Å². The van der Waals surface area contributed by atoms with Crippen molar-refractivity contribution in [3.63, 3.8) is 0 Å². The molecule has 0 rings (SSSR count). The van der Waals surface area contributed by atoms with Gasteiger partial charge >= 0.3 is 5.97 Å². The lowest BCUT2D eigenvalue weighted by atomic mass is 10.2. The summed E-state index contributed by atoms with van der Waals surface area (Å²) in [6.45, 7) is 0.0178. The summed E-state index contributed by atoms with van der Waals surface area (Å²) in [5.74, 6) is -1.10. The van der Waals surface area contributed by atoms with Gasteiger partial charge in [0, 0.05) is 6.42 Å². The summed E-state index contributed by atoms with van der Waals surface area (Å²) in [6.07, 6.45) is 0.107. The van der Waals surface area contributed by atoms with Crippen LogP contribution in [0.25, 0.3) is 0 Å². The van der Waals surface area contributed by atoms with E-state index in [2.05, 4.69) is 5.11 Å². The van der Waals surface area contributed by atoms with Crippen LogP contribution in [0.4, 0.5) is 0 Å². The van der Waals surface area contributed by atoms with Crippen LogP contribution in [0.2, 0.25) is 0 Å². The lowest BCUT2D eigenvalue weighted by molar-refractivity contribution is -0.528. The molecule has 64 valence electrons. The number of nitrogens with two attached hydrogens (primary N) is 1. The van der Waals surface area contributed by atoms with Crippen LogP contribution in [0.1, 0.15) is 6.42 Å². The minimum absolute atomic E-state index is 0.0178. The Bertz CT molecular complexity index is 168. The Hall–Kier alpha value is -1.17. The molecule has 0 fully saturated rings. The molecule has 0 aliphatic carbocycles. The zero-order chi connectivity index (χ0) is 8.85. The maximum atomic E-state index is 10.4. The molecule has 0 amide bonds. The Morgan fingerprint density at radius 1 is 1.91 bits per heavy atom. The summed E-state index contributed by atoms with van der Waals surface area (Å²) in [5.41, 5.74) is 5.11. The van der Waals surface area contributed by atoms with Crippen molar-refractivity contribution in [2.75, 3.05) is 13.6 Å². The number of hydrogen-bond donors (Lipinski definition) is 2. The van der Waals surface area contributed by atoms with Gasteiger partial charge in [-0.3, -0.25) is 4.79 Å². The van der Waals surface area contributed by atoms with Crippen molar-refractivity contribution in [2.24, 2.45) is 10.8 Å². The SMILES string of the molecule is CN=[N+]([O-])CC[C@H](N)C(=O)O. The Morgan fingerprint density at radius 2 is 2.45 bits per heavy atom. The van der Waals surface area contributed by atoms with Gasteiger partial charge in [-0.2, -0.15) is 0 Å². The molecule has 0 aliphatic heterocycles. The number of nitrogens with zero attached hydrogens (tertiary/aromatic N) is 2. The van der Waals surface area contributed by atoms with Crippen LogP contribution in [0.3, 0.4) is 0 Å². The van der Waals surface area contributed by atoms with Gasteiger partial charge in [-0.1, -0.05) is 4.86 Å². The first kappa shape index (κ1) is 9.83. The molecule has 0 saturated heterocycles. The molecule has 0 radical (unpaired) electrons. The molecule has 0 unspecified atom stereocenters. The summed E-state index contributed by atoms with van der Waals surface area (Å²) >= 11 is 0. The van der Waals surface area contributed by atoms with Gasteiger partial charge < -0.3 is 16.0 Å². The number of rotatable bonds is 4. The third-order valence-corrected chi connectivity index (χ3v) is 1.17. The van der Waals surface area contributed by atoms with Gasteiger partial charge in [-0.25, -0.2) is 0 Å². The molecular weight excluding hydrogens is 150 g/mol. The van der Waals surface area contributed by atoms with Crippen LogP contribution in [0, 0.1) is 5.21 Å². The number of carbonyl (C=O) groups is 1. The van der Waals surface area contributed by atoms with Crippen LogP contribution >= 0.6 is 0 Å². The van der Waals surface area contributed by atoms with E-state index in [4.69, 9.17) is 10.8 Å². The maximum Gasteiger partial charge on any atom is 0.320 e. The monoisotopic (exact) mass is 161 g/mol. The molecule has 1 atom stereocenters. The van der Waals surface area contributed by atoms with Gasteiger partial charge in [-0.05, 0) is 5.11 Å². The largest absolute Gasteiger partial charge is 0.600 e. The lowest BCUT2D eigenvalue weighted by Crippen LogP contribution is -2.32. The predicted octanol–water partition coefficient (Wildman–Crippen LogP) is -0.619. The highest BCUT2D eigenvalue weighted by molar-refractivity contribution is 5.72. The average Bonchev–Trinajstić information content (AvgIpc) is 1.99. The zero-order valence-corrected chi connectivity index (χ0v) is 6.23. The fraction of sp³-hybridized carbons (Fsp3) is 0.800. The second-order valence-electron chi connectivity index (χ2n) is 2.01. The molecule has 3 N–H and O–H groups in total. The number of aliphatic carboxylic acids is 1. The topological polar surface area (TPSA) is 102 Å². The summed E-state index contributed by atoms with van der Waals surface area (Å²) in [6, 6.07) is -0.979. The molecule has 0 aromatic rings. The van der Waals surface area contributed by atoms with Gasteiger partial charge in [-0.15, -0.1) is 0 Å². The first-order chi connectivity index (χ1) is 5.07. The minimum Gasteiger partial charge on any atom is -0.600 e. The summed E-state index contributed by atoms with van der Waals surface area (Å²) in [7, 11) is 1.33. The molecule has 0 spiro atoms. The van der Waals surface area contributed by atoms with Crippen molar-refractivity contribution in [2.45, 2.75) is 12.5 Å². The molecule has 11 heavy (non-hydrogen) atoms. The van der Waals surface area contributed by atoms with E-state index >= 15 is 0 Å². The molecule has 6 heteroatoms. The summed E-state index contributed by atoms with van der Waals surface area (Å²) < 4.78 is 0. The summed E-state index contributed by atoms with van der Waals surface area (Å²) in [4.78, 5) is 10.5. The zero-order valence-electron chi connectivity index (χ0n) is 6.23. The van der Waals surface area contributed by atoms with Crippen molar-refractivity contribution in [1.82, 2.24) is 0 Å². The molecule has 0 bridgehead atoms. The van der Waals surface area contributed by atoms with E-state index in [1.165, 1.54) is 7.05 Å². The van der Waals surface area contributed by atoms with Crippen molar-refractivity contribution in [3.05, 3.63) is 5.21 Å².